The number of nitrogens with one attached hydrogen (secondary N) is 2. The summed E-state index contributed by atoms with van der Waals surface area (Å²) in [5.41, 5.74) is 0.811. The lowest BCUT2D eigenvalue weighted by Crippen LogP contribution is -2.40. The average Bonchev–Trinajstić information content (AvgIpc) is 3.43. The van der Waals surface area contributed by atoms with Gasteiger partial charge in [-0.3, -0.25) is 0 Å². The van der Waals surface area contributed by atoms with Gasteiger partial charge in [0.2, 0.25) is 0 Å². The van der Waals surface area contributed by atoms with E-state index in [-0.39, 0.29) is 41.6 Å². The molecule has 0 aliphatic rings. The van der Waals surface area contributed by atoms with Crippen LogP contribution >= 0.6 is 35.3 Å². The fourth-order valence-electron chi connectivity index (χ4n) is 2.99. The Bertz CT molecular complexity index is 963. The number of thiophene rings is 1. The van der Waals surface area contributed by atoms with E-state index in [9.17, 15) is 4.39 Å². The van der Waals surface area contributed by atoms with Crippen molar-refractivity contribution in [1.29, 1.82) is 0 Å². The second-order valence-electron chi connectivity index (χ2n) is 6.73. The van der Waals surface area contributed by atoms with E-state index >= 15 is 0 Å². The Kier molecular flexibility index (Phi) is 10.2. The zero-order valence-corrected chi connectivity index (χ0v) is 21.0. The Morgan fingerprint density at radius 2 is 2.19 bits per heavy atom. The van der Waals surface area contributed by atoms with Crippen molar-refractivity contribution >= 4 is 41.3 Å². The van der Waals surface area contributed by atoms with Gasteiger partial charge in [0, 0.05) is 24.4 Å². The summed E-state index contributed by atoms with van der Waals surface area (Å²) in [6, 6.07) is 8.90. The Hall–Kier alpha value is -2.21. The fraction of sp³-hybridized carbons (Fsp3) is 0.381. The van der Waals surface area contributed by atoms with Gasteiger partial charge >= 0.3 is 0 Å². The van der Waals surface area contributed by atoms with Crippen molar-refractivity contribution in [2.24, 2.45) is 4.99 Å². The quantitative estimate of drug-likeness (QED) is 0.234. The molecule has 0 aliphatic heterocycles. The van der Waals surface area contributed by atoms with Crippen molar-refractivity contribution in [3.63, 3.8) is 0 Å². The summed E-state index contributed by atoms with van der Waals surface area (Å²) in [6.45, 7) is 5.98. The number of nitrogens with zero attached hydrogens (tertiary/aromatic N) is 4. The first-order valence-corrected chi connectivity index (χ1v) is 10.8. The van der Waals surface area contributed by atoms with Crippen LogP contribution in [-0.4, -0.2) is 34.4 Å². The normalized spacial score (nSPS) is 12.2. The summed E-state index contributed by atoms with van der Waals surface area (Å²) in [7, 11) is 1.46. The Balaban J connectivity index is 0.00000341. The van der Waals surface area contributed by atoms with Crippen LogP contribution in [-0.2, 0) is 19.5 Å². The Labute approximate surface area is 203 Å². The zero-order chi connectivity index (χ0) is 21.3. The monoisotopic (exact) mass is 558 g/mol. The minimum absolute atomic E-state index is 0. The number of aromatic nitrogens is 3. The molecule has 7 nitrogen and oxygen atoms in total. The highest BCUT2D eigenvalue weighted by atomic mass is 127. The summed E-state index contributed by atoms with van der Waals surface area (Å²) in [5, 5.41) is 16.8. The molecule has 0 bridgehead atoms. The molecule has 2 N–H and O–H groups in total. The lowest BCUT2D eigenvalue weighted by molar-refractivity contribution is 0.386. The summed E-state index contributed by atoms with van der Waals surface area (Å²) < 4.78 is 21.1. The first kappa shape index (κ1) is 25.1. The highest BCUT2D eigenvalue weighted by Crippen LogP contribution is 2.21. The van der Waals surface area contributed by atoms with Gasteiger partial charge in [-0.15, -0.1) is 45.5 Å². The van der Waals surface area contributed by atoms with Gasteiger partial charge in [0.1, 0.15) is 12.2 Å². The molecule has 0 radical (unpaired) electrons. The molecule has 168 valence electrons. The molecule has 2 heterocycles. The number of halogens is 2. The first-order chi connectivity index (χ1) is 14.6. The van der Waals surface area contributed by atoms with E-state index in [4.69, 9.17) is 9.73 Å². The van der Waals surface area contributed by atoms with E-state index in [2.05, 4.69) is 33.8 Å². The van der Waals surface area contributed by atoms with Crippen LogP contribution in [0, 0.1) is 5.82 Å². The standard InChI is InChI=1S/C21H27FN6OS.HI/c1-4-20-27-25-14-28(20)10-9-23-21(24-13-17-6-5-11-30-17)26-15(2)16-7-8-19(29-3)18(22)12-16;/h5-8,11-12,14-15H,4,9-10,13H2,1-3H3,(H2,23,24,26);1H. The minimum Gasteiger partial charge on any atom is -0.494 e. The van der Waals surface area contributed by atoms with E-state index in [0.29, 0.717) is 19.0 Å². The summed E-state index contributed by atoms with van der Waals surface area (Å²) in [6.07, 6.45) is 2.57. The number of hydrogen-bond acceptors (Lipinski definition) is 5. The van der Waals surface area contributed by atoms with Crippen LogP contribution in [0.5, 0.6) is 5.75 Å². The van der Waals surface area contributed by atoms with Crippen LogP contribution in [0.1, 0.15) is 36.2 Å². The topological polar surface area (TPSA) is 76.4 Å². The predicted molar refractivity (Wildman–Crippen MR) is 133 cm³/mol. The Morgan fingerprint density at radius 1 is 1.35 bits per heavy atom. The summed E-state index contributed by atoms with van der Waals surface area (Å²) >= 11 is 1.67. The molecule has 10 heteroatoms. The van der Waals surface area contributed by atoms with E-state index < -0.39 is 0 Å². The van der Waals surface area contributed by atoms with Crippen LogP contribution in [0.4, 0.5) is 4.39 Å². The van der Waals surface area contributed by atoms with Crippen LogP contribution in [0.25, 0.3) is 0 Å². The maximum absolute atomic E-state index is 14.1. The van der Waals surface area contributed by atoms with Gasteiger partial charge in [0.25, 0.3) is 0 Å². The van der Waals surface area contributed by atoms with Crippen molar-refractivity contribution in [2.75, 3.05) is 13.7 Å². The number of benzene rings is 1. The zero-order valence-electron chi connectivity index (χ0n) is 17.8. The van der Waals surface area contributed by atoms with Gasteiger partial charge in [-0.05, 0) is 36.1 Å². The molecule has 0 aliphatic carbocycles. The second-order valence-corrected chi connectivity index (χ2v) is 7.76. The smallest absolute Gasteiger partial charge is 0.192 e. The molecular weight excluding hydrogens is 530 g/mol. The largest absolute Gasteiger partial charge is 0.494 e. The highest BCUT2D eigenvalue weighted by molar-refractivity contribution is 14.0. The molecule has 0 saturated heterocycles. The minimum atomic E-state index is -0.381. The number of methoxy groups -OCH3 is 1. The van der Waals surface area contributed by atoms with E-state index in [0.717, 1.165) is 24.4 Å². The number of guanidine groups is 1. The van der Waals surface area contributed by atoms with Gasteiger partial charge in [0.15, 0.2) is 17.5 Å². The molecule has 0 spiro atoms. The maximum atomic E-state index is 14.1. The summed E-state index contributed by atoms with van der Waals surface area (Å²) in [4.78, 5) is 5.87. The molecule has 0 saturated carbocycles. The molecule has 3 aromatic rings. The third-order valence-corrected chi connectivity index (χ3v) is 5.52. The van der Waals surface area contributed by atoms with E-state index in [1.165, 1.54) is 18.1 Å². The van der Waals surface area contributed by atoms with Crippen LogP contribution in [0.2, 0.25) is 0 Å². The van der Waals surface area contributed by atoms with E-state index in [1.807, 2.05) is 29.0 Å². The predicted octanol–water partition coefficient (Wildman–Crippen LogP) is 4.16. The molecule has 3 rings (SSSR count). The number of aryl methyl sites for hydroxylation is 1. The number of ether oxygens (including phenoxy) is 1. The van der Waals surface area contributed by atoms with Crippen LogP contribution < -0.4 is 15.4 Å². The fourth-order valence-corrected chi connectivity index (χ4v) is 3.61. The van der Waals surface area contributed by atoms with Gasteiger partial charge in [-0.2, -0.15) is 0 Å². The molecule has 0 amide bonds. The van der Waals surface area contributed by atoms with Crippen molar-refractivity contribution in [3.05, 3.63) is 64.1 Å². The van der Waals surface area contributed by atoms with Crippen LogP contribution in [0.15, 0.2) is 47.0 Å². The molecule has 2 aromatic heterocycles. The molecule has 1 unspecified atom stereocenters. The lowest BCUT2D eigenvalue weighted by Gasteiger charge is -2.19. The highest BCUT2D eigenvalue weighted by Gasteiger charge is 2.12. The van der Waals surface area contributed by atoms with Gasteiger partial charge < -0.3 is 19.9 Å². The number of hydrogen-bond donors (Lipinski definition) is 2. The van der Waals surface area contributed by atoms with Crippen molar-refractivity contribution in [1.82, 2.24) is 25.4 Å². The van der Waals surface area contributed by atoms with Crippen LogP contribution in [0.3, 0.4) is 0 Å². The maximum Gasteiger partial charge on any atom is 0.192 e. The third kappa shape index (κ3) is 7.17. The number of rotatable bonds is 9. The molecule has 1 aromatic carbocycles. The molecule has 0 fully saturated rings. The van der Waals surface area contributed by atoms with E-state index in [1.54, 1.807) is 23.7 Å². The molecular formula is C21H28FIN6OS. The summed E-state index contributed by atoms with van der Waals surface area (Å²) in [5.74, 6) is 1.46. The number of aliphatic imine (C=N–C) groups is 1. The molecule has 1 atom stereocenters. The first-order valence-electron chi connectivity index (χ1n) is 9.88. The lowest BCUT2D eigenvalue weighted by atomic mass is 10.1. The SMILES string of the molecule is CCc1nncn1CCNC(=NCc1cccs1)NC(C)c1ccc(OC)c(F)c1.I. The van der Waals surface area contributed by atoms with Crippen molar-refractivity contribution in [3.8, 4) is 5.75 Å². The average molecular weight is 558 g/mol. The Morgan fingerprint density at radius 3 is 2.87 bits per heavy atom. The van der Waals surface area contributed by atoms with Gasteiger partial charge in [-0.25, -0.2) is 9.38 Å². The third-order valence-electron chi connectivity index (χ3n) is 4.66. The molecule has 31 heavy (non-hydrogen) atoms. The van der Waals surface area contributed by atoms with Crippen molar-refractivity contribution in [2.45, 2.75) is 39.4 Å². The van der Waals surface area contributed by atoms with Crippen molar-refractivity contribution < 1.29 is 9.13 Å². The van der Waals surface area contributed by atoms with Gasteiger partial charge in [0.05, 0.1) is 19.7 Å². The second kappa shape index (κ2) is 12.6. The van der Waals surface area contributed by atoms with Gasteiger partial charge in [-0.1, -0.05) is 19.1 Å².